The van der Waals surface area contributed by atoms with E-state index in [1.54, 1.807) is 7.05 Å². The average molecular weight is 235 g/mol. The Hall–Kier alpha value is -0.750. The SMILES string of the molecule is CN[C@H](CCSCCC(=O)O)C(=O)OC. The largest absolute Gasteiger partial charge is 0.481 e. The molecular formula is C9H17NO4S. The number of aliphatic carboxylic acids is 1. The Labute approximate surface area is 93.6 Å². The zero-order valence-electron chi connectivity index (χ0n) is 8.99. The lowest BCUT2D eigenvalue weighted by Gasteiger charge is -2.12. The second-order valence-corrected chi connectivity index (χ2v) is 4.13. The first-order chi connectivity index (χ1) is 7.11. The number of carbonyl (C=O) groups is 2. The summed E-state index contributed by atoms with van der Waals surface area (Å²) in [5.74, 6) is 0.248. The zero-order chi connectivity index (χ0) is 11.7. The maximum atomic E-state index is 11.1. The molecule has 0 aromatic rings. The smallest absolute Gasteiger partial charge is 0.322 e. The molecule has 0 saturated carbocycles. The summed E-state index contributed by atoms with van der Waals surface area (Å²) in [7, 11) is 3.05. The molecule has 5 nitrogen and oxygen atoms in total. The summed E-state index contributed by atoms with van der Waals surface area (Å²) in [6, 6.07) is -0.299. The molecular weight excluding hydrogens is 218 g/mol. The second kappa shape index (κ2) is 8.55. The quantitative estimate of drug-likeness (QED) is 0.467. The summed E-state index contributed by atoms with van der Waals surface area (Å²) >= 11 is 1.52. The van der Waals surface area contributed by atoms with E-state index in [1.807, 2.05) is 0 Å². The molecule has 0 rings (SSSR count). The summed E-state index contributed by atoms with van der Waals surface area (Å²) in [6.07, 6.45) is 0.806. The van der Waals surface area contributed by atoms with E-state index in [0.717, 1.165) is 5.75 Å². The van der Waals surface area contributed by atoms with Gasteiger partial charge in [-0.3, -0.25) is 9.59 Å². The molecule has 0 aliphatic rings. The van der Waals surface area contributed by atoms with Gasteiger partial charge in [-0.15, -0.1) is 0 Å². The van der Waals surface area contributed by atoms with Crippen LogP contribution in [0, 0.1) is 0 Å². The highest BCUT2D eigenvalue weighted by Crippen LogP contribution is 2.07. The molecule has 0 saturated heterocycles. The van der Waals surface area contributed by atoms with Crippen molar-refractivity contribution in [2.75, 3.05) is 25.7 Å². The van der Waals surface area contributed by atoms with Gasteiger partial charge >= 0.3 is 11.9 Å². The van der Waals surface area contributed by atoms with Gasteiger partial charge in [-0.2, -0.15) is 11.8 Å². The van der Waals surface area contributed by atoms with E-state index < -0.39 is 5.97 Å². The number of hydrogen-bond acceptors (Lipinski definition) is 5. The molecule has 0 heterocycles. The molecule has 0 aliphatic heterocycles. The number of methoxy groups -OCH3 is 1. The van der Waals surface area contributed by atoms with Crippen LogP contribution in [0.2, 0.25) is 0 Å². The van der Waals surface area contributed by atoms with E-state index in [-0.39, 0.29) is 18.4 Å². The number of thioether (sulfide) groups is 1. The molecule has 6 heteroatoms. The molecule has 2 N–H and O–H groups in total. The van der Waals surface area contributed by atoms with Gasteiger partial charge in [0.25, 0.3) is 0 Å². The molecule has 0 aromatic carbocycles. The molecule has 88 valence electrons. The van der Waals surface area contributed by atoms with Gasteiger partial charge < -0.3 is 15.2 Å². The van der Waals surface area contributed by atoms with Crippen LogP contribution in [0.4, 0.5) is 0 Å². The number of esters is 1. The number of nitrogens with one attached hydrogen (secondary N) is 1. The molecule has 0 aliphatic carbocycles. The van der Waals surface area contributed by atoms with Crippen molar-refractivity contribution in [2.45, 2.75) is 18.9 Å². The first-order valence-corrected chi connectivity index (χ1v) is 5.82. The van der Waals surface area contributed by atoms with Crippen LogP contribution >= 0.6 is 11.8 Å². The Kier molecular flexibility index (Phi) is 8.12. The summed E-state index contributed by atoms with van der Waals surface area (Å²) in [6.45, 7) is 0. The molecule has 0 amide bonds. The second-order valence-electron chi connectivity index (χ2n) is 2.91. The average Bonchev–Trinajstić information content (AvgIpc) is 2.22. The van der Waals surface area contributed by atoms with Crippen molar-refractivity contribution >= 4 is 23.7 Å². The Bertz CT molecular complexity index is 210. The summed E-state index contributed by atoms with van der Waals surface area (Å²) in [5.41, 5.74) is 0. The van der Waals surface area contributed by atoms with E-state index in [4.69, 9.17) is 5.11 Å². The van der Waals surface area contributed by atoms with E-state index in [9.17, 15) is 9.59 Å². The van der Waals surface area contributed by atoms with Crippen molar-refractivity contribution in [3.63, 3.8) is 0 Å². The monoisotopic (exact) mass is 235 g/mol. The number of hydrogen-bond donors (Lipinski definition) is 2. The van der Waals surface area contributed by atoms with Crippen molar-refractivity contribution < 1.29 is 19.4 Å². The molecule has 0 fully saturated rings. The fourth-order valence-corrected chi connectivity index (χ4v) is 1.91. The Morgan fingerprint density at radius 1 is 1.47 bits per heavy atom. The van der Waals surface area contributed by atoms with Crippen LogP contribution in [-0.4, -0.2) is 48.8 Å². The first kappa shape index (κ1) is 14.2. The first-order valence-electron chi connectivity index (χ1n) is 4.66. The Balaban J connectivity index is 3.55. The van der Waals surface area contributed by atoms with Gasteiger partial charge in [0.2, 0.25) is 0 Å². The minimum Gasteiger partial charge on any atom is -0.481 e. The lowest BCUT2D eigenvalue weighted by molar-refractivity contribution is -0.143. The Morgan fingerprint density at radius 3 is 2.60 bits per heavy atom. The fraction of sp³-hybridized carbons (Fsp3) is 0.778. The number of likely N-dealkylation sites (N-methyl/N-ethyl adjacent to an activating group) is 1. The normalized spacial score (nSPS) is 12.1. The van der Waals surface area contributed by atoms with Gasteiger partial charge in [0.05, 0.1) is 13.5 Å². The minimum atomic E-state index is -0.791. The van der Waals surface area contributed by atoms with E-state index in [1.165, 1.54) is 18.9 Å². The molecule has 15 heavy (non-hydrogen) atoms. The van der Waals surface area contributed by atoms with Crippen LogP contribution in [0.3, 0.4) is 0 Å². The third kappa shape index (κ3) is 7.21. The van der Waals surface area contributed by atoms with Crippen LogP contribution in [0.25, 0.3) is 0 Å². The highest BCUT2D eigenvalue weighted by Gasteiger charge is 2.15. The Morgan fingerprint density at radius 2 is 2.13 bits per heavy atom. The van der Waals surface area contributed by atoms with Crippen LogP contribution in [0.1, 0.15) is 12.8 Å². The molecule has 0 unspecified atom stereocenters. The molecule has 1 atom stereocenters. The van der Waals surface area contributed by atoms with Crippen molar-refractivity contribution in [1.82, 2.24) is 5.32 Å². The standard InChI is InChI=1S/C9H17NO4S/c1-10-7(9(13)14-2)3-5-15-6-4-8(11)12/h7,10H,3-6H2,1-2H3,(H,11,12)/t7-/m1/s1. The third-order valence-electron chi connectivity index (χ3n) is 1.85. The van der Waals surface area contributed by atoms with Gasteiger partial charge in [0, 0.05) is 5.75 Å². The molecule has 0 bridgehead atoms. The topological polar surface area (TPSA) is 75.6 Å². The fourth-order valence-electron chi connectivity index (χ4n) is 0.985. The molecule has 0 radical (unpaired) electrons. The summed E-state index contributed by atoms with van der Waals surface area (Å²) < 4.78 is 4.59. The number of carboxylic acid groups (broad SMARTS) is 1. The highest BCUT2D eigenvalue weighted by atomic mass is 32.2. The predicted molar refractivity (Wildman–Crippen MR) is 59.1 cm³/mol. The van der Waals surface area contributed by atoms with Crippen LogP contribution in [0.15, 0.2) is 0 Å². The van der Waals surface area contributed by atoms with Gasteiger partial charge in [-0.1, -0.05) is 0 Å². The third-order valence-corrected chi connectivity index (χ3v) is 2.86. The minimum absolute atomic E-state index is 0.160. The van der Waals surface area contributed by atoms with Gasteiger partial charge in [-0.25, -0.2) is 0 Å². The van der Waals surface area contributed by atoms with Gasteiger partial charge in [0.15, 0.2) is 0 Å². The number of ether oxygens (including phenoxy) is 1. The van der Waals surface area contributed by atoms with Gasteiger partial charge in [0.1, 0.15) is 6.04 Å². The zero-order valence-corrected chi connectivity index (χ0v) is 9.80. The van der Waals surface area contributed by atoms with Crippen LogP contribution in [0.5, 0.6) is 0 Å². The van der Waals surface area contributed by atoms with Crippen molar-refractivity contribution in [3.05, 3.63) is 0 Å². The number of carbonyl (C=O) groups excluding carboxylic acids is 1. The number of rotatable bonds is 8. The summed E-state index contributed by atoms with van der Waals surface area (Å²) in [5, 5.41) is 11.2. The van der Waals surface area contributed by atoms with Gasteiger partial charge in [-0.05, 0) is 19.2 Å². The van der Waals surface area contributed by atoms with E-state index in [2.05, 4.69) is 10.1 Å². The maximum absolute atomic E-state index is 11.1. The number of carboxylic acids is 1. The predicted octanol–water partition coefficient (Wildman–Crippen LogP) is 0.345. The molecule has 0 aromatic heterocycles. The van der Waals surface area contributed by atoms with Crippen molar-refractivity contribution in [2.24, 2.45) is 0 Å². The maximum Gasteiger partial charge on any atom is 0.322 e. The van der Waals surface area contributed by atoms with Crippen molar-refractivity contribution in [1.29, 1.82) is 0 Å². The highest BCUT2D eigenvalue weighted by molar-refractivity contribution is 7.99. The van der Waals surface area contributed by atoms with Crippen LogP contribution < -0.4 is 5.32 Å². The van der Waals surface area contributed by atoms with E-state index >= 15 is 0 Å². The summed E-state index contributed by atoms with van der Waals surface area (Å²) in [4.78, 5) is 21.3. The lowest BCUT2D eigenvalue weighted by Crippen LogP contribution is -2.35. The van der Waals surface area contributed by atoms with E-state index in [0.29, 0.717) is 12.2 Å². The lowest BCUT2D eigenvalue weighted by atomic mass is 10.2. The molecule has 0 spiro atoms. The van der Waals surface area contributed by atoms with Crippen molar-refractivity contribution in [3.8, 4) is 0 Å². The van der Waals surface area contributed by atoms with Crippen LogP contribution in [-0.2, 0) is 14.3 Å².